The maximum atomic E-state index is 13.2. The first-order valence-corrected chi connectivity index (χ1v) is 29.2. The molecule has 22 heteroatoms. The van der Waals surface area contributed by atoms with Crippen LogP contribution < -0.4 is 37.6 Å². The van der Waals surface area contributed by atoms with Crippen LogP contribution >= 0.6 is 0 Å². The normalized spacial score (nSPS) is 11.3. The molecule has 460 valence electrons. The molecule has 0 heterocycles. The van der Waals surface area contributed by atoms with Crippen LogP contribution in [0.25, 0.3) is 0 Å². The standard InChI is InChI=1S/C47H88N10O11.C10H22O/c1-35(2)30-39(31-36(3)4)67-46(65)53-20-27-56(22-15-48)44(63)13-11-42(61)51-18-24-55(23-17-50-41(60)10-9-29-58)25-19-52-43(62)12-14-45(64)57(26-16-49-34-59)28-21-54-47(66)68-40(32-37(5)6)33-38(7)8;1-8(2)6-10(11-5)7-9(3)4/h29,34-40H,9-28,30-33,48H2,1-8H3,(H,49,59)(H,50,60)(H,51,61)(H,52,62)(H,53,65)(H,54,66);8-10H,6-7H2,1-5H3. The molecule has 0 aliphatic heterocycles. The Hall–Kier alpha value is -5.09. The van der Waals surface area contributed by atoms with Crippen molar-refractivity contribution in [3.05, 3.63) is 0 Å². The lowest BCUT2D eigenvalue weighted by molar-refractivity contribution is -0.133. The number of carbonyl (C=O) groups excluding carboxylic acids is 9. The van der Waals surface area contributed by atoms with Crippen LogP contribution in [0.3, 0.4) is 0 Å². The fourth-order valence-corrected chi connectivity index (χ4v) is 8.54. The number of carbonyl (C=O) groups is 9. The SMILES string of the molecule is CC(C)CC(CC(C)C)OC(=O)NCCN(CCN)C(=O)CCC(=O)NCCN(CCNC(=O)CCC=O)CCNC(=O)CCC(=O)N(CCNC=O)CCNC(=O)OC(CC(C)C)CC(C)C.COC(CC(C)C)CC(C)C. The number of rotatable bonds is 45. The summed E-state index contributed by atoms with van der Waals surface area (Å²) < 4.78 is 16.7. The van der Waals surface area contributed by atoms with Gasteiger partial charge in [-0.3, -0.25) is 33.7 Å². The van der Waals surface area contributed by atoms with Gasteiger partial charge in [-0.2, -0.15) is 0 Å². The molecular formula is C57H110N10O12. The van der Waals surface area contributed by atoms with E-state index in [2.05, 4.69) is 115 Å². The fraction of sp³-hybridized carbons (Fsp3) is 0.842. The number of hydrogen-bond acceptors (Lipinski definition) is 14. The summed E-state index contributed by atoms with van der Waals surface area (Å²) in [6.45, 7) is 28.6. The minimum Gasteiger partial charge on any atom is -0.446 e. The van der Waals surface area contributed by atoms with Crippen molar-refractivity contribution in [2.24, 2.45) is 41.2 Å². The Kier molecular flexibility index (Phi) is 45.9. The molecule has 0 rings (SSSR count). The highest BCUT2D eigenvalue weighted by atomic mass is 16.6. The average Bonchev–Trinajstić information content (AvgIpc) is 3.34. The van der Waals surface area contributed by atoms with Crippen molar-refractivity contribution in [2.45, 2.75) is 178 Å². The van der Waals surface area contributed by atoms with E-state index in [1.807, 2.05) is 12.0 Å². The van der Waals surface area contributed by atoms with E-state index < -0.39 is 12.2 Å². The molecule has 0 aliphatic rings. The minimum atomic E-state index is -0.571. The summed E-state index contributed by atoms with van der Waals surface area (Å²) in [6, 6.07) is 0. The highest BCUT2D eigenvalue weighted by molar-refractivity contribution is 5.84. The smallest absolute Gasteiger partial charge is 0.407 e. The zero-order chi connectivity index (χ0) is 60.1. The number of amides is 8. The van der Waals surface area contributed by atoms with E-state index in [4.69, 9.17) is 19.9 Å². The first-order valence-electron chi connectivity index (χ1n) is 29.2. The Morgan fingerprint density at radius 1 is 0.430 bits per heavy atom. The summed E-state index contributed by atoms with van der Waals surface area (Å²) in [5.74, 6) is 1.30. The van der Waals surface area contributed by atoms with Gasteiger partial charge in [0.1, 0.15) is 18.5 Å². The third kappa shape index (κ3) is 46.4. The highest BCUT2D eigenvalue weighted by Gasteiger charge is 2.22. The third-order valence-corrected chi connectivity index (χ3v) is 12.2. The lowest BCUT2D eigenvalue weighted by Gasteiger charge is -2.24. The first-order chi connectivity index (χ1) is 37.3. The van der Waals surface area contributed by atoms with E-state index in [1.54, 1.807) is 0 Å². The zero-order valence-electron chi connectivity index (χ0n) is 51.1. The van der Waals surface area contributed by atoms with E-state index in [-0.39, 0.29) is 152 Å². The minimum absolute atomic E-state index is 0.0570. The largest absolute Gasteiger partial charge is 0.446 e. The van der Waals surface area contributed by atoms with Gasteiger partial charge in [0.15, 0.2) is 0 Å². The van der Waals surface area contributed by atoms with E-state index in [0.29, 0.717) is 62.1 Å². The van der Waals surface area contributed by atoms with Gasteiger partial charge in [0.25, 0.3) is 0 Å². The number of methoxy groups -OCH3 is 1. The van der Waals surface area contributed by atoms with Gasteiger partial charge in [-0.25, -0.2) is 9.59 Å². The molecule has 0 bridgehead atoms. The molecule has 0 spiro atoms. The second kappa shape index (κ2) is 47.7. The van der Waals surface area contributed by atoms with Crippen molar-refractivity contribution in [3.8, 4) is 0 Å². The van der Waals surface area contributed by atoms with Crippen molar-refractivity contribution < 1.29 is 57.4 Å². The second-order valence-electron chi connectivity index (χ2n) is 22.8. The number of ether oxygens (including phenoxy) is 3. The Labute approximate surface area is 475 Å². The van der Waals surface area contributed by atoms with E-state index in [9.17, 15) is 43.2 Å². The van der Waals surface area contributed by atoms with Gasteiger partial charge >= 0.3 is 12.2 Å². The van der Waals surface area contributed by atoms with Gasteiger partial charge in [-0.1, -0.05) is 83.1 Å². The lowest BCUT2D eigenvalue weighted by atomic mass is 9.98. The van der Waals surface area contributed by atoms with E-state index in [0.717, 1.165) is 37.5 Å². The Morgan fingerprint density at radius 2 is 0.759 bits per heavy atom. The summed E-state index contributed by atoms with van der Waals surface area (Å²) in [5.41, 5.74) is 5.75. The first kappa shape index (κ1) is 76.0. The number of nitrogens with one attached hydrogen (secondary N) is 6. The lowest BCUT2D eigenvalue weighted by Crippen LogP contribution is -2.44. The van der Waals surface area contributed by atoms with Crippen LogP contribution in [0.5, 0.6) is 0 Å². The average molecular weight is 1130 g/mol. The van der Waals surface area contributed by atoms with Crippen molar-refractivity contribution >= 4 is 54.4 Å². The highest BCUT2D eigenvalue weighted by Crippen LogP contribution is 2.19. The van der Waals surface area contributed by atoms with Crippen LogP contribution in [0.2, 0.25) is 0 Å². The maximum Gasteiger partial charge on any atom is 0.407 e. The molecule has 0 aromatic carbocycles. The fourth-order valence-electron chi connectivity index (χ4n) is 8.54. The number of aldehydes is 1. The van der Waals surface area contributed by atoms with Gasteiger partial charge in [0.2, 0.25) is 35.9 Å². The van der Waals surface area contributed by atoms with Gasteiger partial charge in [0.05, 0.1) is 6.10 Å². The van der Waals surface area contributed by atoms with Crippen LogP contribution in [-0.2, 0) is 47.8 Å². The topological polar surface area (TPSA) is 289 Å². The molecule has 8 N–H and O–H groups in total. The van der Waals surface area contributed by atoms with Crippen LogP contribution in [0.15, 0.2) is 0 Å². The van der Waals surface area contributed by atoms with E-state index in [1.165, 1.54) is 22.6 Å². The van der Waals surface area contributed by atoms with Crippen LogP contribution in [0, 0.1) is 35.5 Å². The molecule has 0 unspecified atom stereocenters. The van der Waals surface area contributed by atoms with Crippen LogP contribution in [0.4, 0.5) is 9.59 Å². The zero-order valence-corrected chi connectivity index (χ0v) is 51.1. The van der Waals surface area contributed by atoms with Crippen molar-refractivity contribution in [3.63, 3.8) is 0 Å². The predicted octanol–water partition coefficient (Wildman–Crippen LogP) is 5.01. The molecular weight excluding hydrogens is 1020 g/mol. The molecule has 0 saturated heterocycles. The molecule has 0 saturated carbocycles. The van der Waals surface area contributed by atoms with Crippen molar-refractivity contribution in [2.75, 3.05) is 98.7 Å². The summed E-state index contributed by atoms with van der Waals surface area (Å²) in [4.78, 5) is 115. The summed E-state index contributed by atoms with van der Waals surface area (Å²) in [5, 5.41) is 16.3. The summed E-state index contributed by atoms with van der Waals surface area (Å²) >= 11 is 0. The second-order valence-corrected chi connectivity index (χ2v) is 22.8. The molecule has 0 fully saturated rings. The summed E-state index contributed by atoms with van der Waals surface area (Å²) in [7, 11) is 1.81. The van der Waals surface area contributed by atoms with Crippen LogP contribution in [-0.4, -0.2) is 186 Å². The molecule has 0 aliphatic carbocycles. The number of alkyl carbamates (subject to hydrolysis) is 2. The molecule has 0 radical (unpaired) electrons. The Bertz CT molecular complexity index is 1660. The Balaban J connectivity index is 0. The molecule has 0 aromatic heterocycles. The molecule has 79 heavy (non-hydrogen) atoms. The molecule has 22 nitrogen and oxygen atoms in total. The number of nitrogens with two attached hydrogens (primary N) is 1. The van der Waals surface area contributed by atoms with Gasteiger partial charge < -0.3 is 66.4 Å². The maximum absolute atomic E-state index is 13.2. The monoisotopic (exact) mass is 1130 g/mol. The third-order valence-electron chi connectivity index (χ3n) is 12.2. The molecule has 0 atom stereocenters. The van der Waals surface area contributed by atoms with Crippen molar-refractivity contribution in [1.82, 2.24) is 46.6 Å². The van der Waals surface area contributed by atoms with Crippen molar-refractivity contribution in [1.29, 1.82) is 0 Å². The number of hydrogen-bond donors (Lipinski definition) is 7. The van der Waals surface area contributed by atoms with Gasteiger partial charge in [0, 0.05) is 137 Å². The Morgan fingerprint density at radius 3 is 1.09 bits per heavy atom. The molecule has 0 aromatic rings. The van der Waals surface area contributed by atoms with Gasteiger partial charge in [-0.15, -0.1) is 0 Å². The van der Waals surface area contributed by atoms with Crippen LogP contribution in [0.1, 0.15) is 160 Å². The van der Waals surface area contributed by atoms with E-state index >= 15 is 0 Å². The summed E-state index contributed by atoms with van der Waals surface area (Å²) in [6.07, 6.45) is 5.25. The predicted molar refractivity (Wildman–Crippen MR) is 310 cm³/mol. The number of nitrogens with zero attached hydrogens (tertiary/aromatic N) is 3. The molecule has 8 amide bonds. The van der Waals surface area contributed by atoms with Gasteiger partial charge in [-0.05, 0) is 74.0 Å². The quantitative estimate of drug-likeness (QED) is 0.0312.